The van der Waals surface area contributed by atoms with Crippen molar-refractivity contribution >= 4 is 12.0 Å². The van der Waals surface area contributed by atoms with Crippen LogP contribution in [0.25, 0.3) is 6.08 Å². The van der Waals surface area contributed by atoms with Crippen molar-refractivity contribution in [3.05, 3.63) is 69.9 Å². The highest BCUT2D eigenvalue weighted by Gasteiger charge is 2.55. The van der Waals surface area contributed by atoms with E-state index in [1.54, 1.807) is 6.20 Å². The average molecular weight is 435 g/mol. The van der Waals surface area contributed by atoms with Gasteiger partial charge in [0.2, 0.25) is 5.91 Å². The van der Waals surface area contributed by atoms with Crippen LogP contribution in [0, 0.1) is 17.8 Å². The SMILES string of the molecule is C/C=C\c1ccc2n(c1=O)C[C@H]1[C@H](CO)[C@@H](C(=O)NCC3CC3)[C@@H]2N1Cc1cccnc1. The molecule has 0 radical (unpaired) electrons. The zero-order valence-electron chi connectivity index (χ0n) is 18.4. The fraction of sp³-hybridized carbons (Fsp3) is 0.480. The molecule has 2 aliphatic heterocycles. The first kappa shape index (κ1) is 21.1. The molecule has 2 aromatic heterocycles. The number of pyridine rings is 2. The molecule has 1 saturated heterocycles. The first-order valence-electron chi connectivity index (χ1n) is 11.5. The third-order valence-corrected chi connectivity index (χ3v) is 7.20. The molecule has 1 amide bonds. The van der Waals surface area contributed by atoms with Gasteiger partial charge in [-0.25, -0.2) is 0 Å². The Morgan fingerprint density at radius 1 is 1.31 bits per heavy atom. The minimum Gasteiger partial charge on any atom is -0.396 e. The molecule has 0 aromatic carbocycles. The van der Waals surface area contributed by atoms with Gasteiger partial charge >= 0.3 is 0 Å². The number of hydrogen-bond donors (Lipinski definition) is 2. The monoisotopic (exact) mass is 434 g/mol. The van der Waals surface area contributed by atoms with E-state index in [-0.39, 0.29) is 36.1 Å². The van der Waals surface area contributed by atoms with Gasteiger partial charge in [0.25, 0.3) is 5.56 Å². The normalized spacial score (nSPS) is 26.9. The summed E-state index contributed by atoms with van der Waals surface area (Å²) in [6.45, 7) is 3.59. The van der Waals surface area contributed by atoms with E-state index in [1.807, 2.05) is 54.1 Å². The lowest BCUT2D eigenvalue weighted by molar-refractivity contribution is -0.127. The molecule has 32 heavy (non-hydrogen) atoms. The molecule has 1 aliphatic carbocycles. The quantitative estimate of drug-likeness (QED) is 0.696. The van der Waals surface area contributed by atoms with Gasteiger partial charge in [0.15, 0.2) is 0 Å². The number of nitrogens with zero attached hydrogens (tertiary/aromatic N) is 3. The number of aliphatic hydroxyl groups excluding tert-OH is 1. The summed E-state index contributed by atoms with van der Waals surface area (Å²) in [6.07, 6.45) is 9.60. The number of carbonyl (C=O) groups excluding carboxylic acids is 1. The molecule has 3 aliphatic rings. The van der Waals surface area contributed by atoms with Crippen molar-refractivity contribution in [2.45, 2.75) is 44.9 Å². The number of aliphatic hydroxyl groups is 1. The number of carbonyl (C=O) groups is 1. The predicted octanol–water partition coefficient (Wildman–Crippen LogP) is 1.97. The van der Waals surface area contributed by atoms with Crippen LogP contribution in [0.5, 0.6) is 0 Å². The highest BCUT2D eigenvalue weighted by atomic mass is 16.3. The molecular weight excluding hydrogens is 404 g/mol. The van der Waals surface area contributed by atoms with Gasteiger partial charge in [0.05, 0.1) is 12.0 Å². The first-order chi connectivity index (χ1) is 15.6. The van der Waals surface area contributed by atoms with Gasteiger partial charge in [0, 0.05) is 61.9 Å². The van der Waals surface area contributed by atoms with Gasteiger partial charge in [-0.15, -0.1) is 0 Å². The predicted molar refractivity (Wildman–Crippen MR) is 122 cm³/mol. The third kappa shape index (κ3) is 3.69. The standard InChI is InChI=1S/C25H30N4O3/c1-2-4-18-8-9-20-23-22(24(31)27-12-16-6-7-16)19(15-30)21(14-29(20)25(18)32)28(23)13-17-5-3-10-26-11-17/h2-5,8-11,16,19,21-23,30H,6-7,12-15H2,1H3,(H,27,31)/b4-2-/t19-,21-,22+,23+/m0/s1. The molecule has 4 atom stereocenters. The van der Waals surface area contributed by atoms with Crippen LogP contribution in [0.1, 0.15) is 42.6 Å². The van der Waals surface area contributed by atoms with Crippen LogP contribution in [-0.4, -0.2) is 44.7 Å². The van der Waals surface area contributed by atoms with Crippen LogP contribution >= 0.6 is 0 Å². The van der Waals surface area contributed by atoms with Gasteiger partial charge in [-0.1, -0.05) is 18.2 Å². The maximum atomic E-state index is 13.4. The second-order valence-corrected chi connectivity index (χ2v) is 9.24. The molecule has 2 N–H and O–H groups in total. The fourth-order valence-corrected chi connectivity index (χ4v) is 5.45. The van der Waals surface area contributed by atoms with E-state index < -0.39 is 5.92 Å². The Balaban J connectivity index is 1.56. The lowest BCUT2D eigenvalue weighted by Gasteiger charge is -2.38. The van der Waals surface area contributed by atoms with Crippen molar-refractivity contribution < 1.29 is 9.90 Å². The molecule has 7 heteroatoms. The van der Waals surface area contributed by atoms with Crippen molar-refractivity contribution in [2.75, 3.05) is 13.2 Å². The second-order valence-electron chi connectivity index (χ2n) is 9.24. The molecule has 2 fully saturated rings. The summed E-state index contributed by atoms with van der Waals surface area (Å²) in [7, 11) is 0. The summed E-state index contributed by atoms with van der Waals surface area (Å²) in [5.74, 6) is -0.0726. The summed E-state index contributed by atoms with van der Waals surface area (Å²) < 4.78 is 1.82. The van der Waals surface area contributed by atoms with Crippen LogP contribution < -0.4 is 10.9 Å². The minimum absolute atomic E-state index is 0.0157. The maximum Gasteiger partial charge on any atom is 0.258 e. The second kappa shape index (κ2) is 8.64. The van der Waals surface area contributed by atoms with Gasteiger partial charge in [-0.2, -0.15) is 0 Å². The maximum absolute atomic E-state index is 13.4. The fourth-order valence-electron chi connectivity index (χ4n) is 5.45. The third-order valence-electron chi connectivity index (χ3n) is 7.20. The number of nitrogens with one attached hydrogen (secondary N) is 1. The molecule has 1 saturated carbocycles. The minimum atomic E-state index is -0.402. The summed E-state index contributed by atoms with van der Waals surface area (Å²) in [4.78, 5) is 33.1. The number of hydrogen-bond acceptors (Lipinski definition) is 5. The van der Waals surface area contributed by atoms with Crippen LogP contribution in [0.15, 0.2) is 47.5 Å². The largest absolute Gasteiger partial charge is 0.396 e. The Morgan fingerprint density at radius 3 is 2.84 bits per heavy atom. The molecule has 0 spiro atoms. The Morgan fingerprint density at radius 2 is 2.16 bits per heavy atom. The molecule has 2 bridgehead atoms. The van der Waals surface area contributed by atoms with E-state index in [0.29, 0.717) is 31.1 Å². The number of amides is 1. The van der Waals surface area contributed by atoms with Gasteiger partial charge in [0.1, 0.15) is 0 Å². The van der Waals surface area contributed by atoms with E-state index in [1.165, 1.54) is 12.8 Å². The van der Waals surface area contributed by atoms with Gasteiger partial charge < -0.3 is 15.0 Å². The summed E-state index contributed by atoms with van der Waals surface area (Å²) in [5.41, 5.74) is 2.52. The number of fused-ring (bicyclic) bond motifs is 4. The molecule has 4 heterocycles. The number of rotatable bonds is 7. The van der Waals surface area contributed by atoms with E-state index in [9.17, 15) is 14.7 Å². The summed E-state index contributed by atoms with van der Waals surface area (Å²) in [5, 5.41) is 13.5. The Labute approximate surface area is 187 Å². The zero-order valence-corrected chi connectivity index (χ0v) is 18.4. The van der Waals surface area contributed by atoms with Gasteiger partial charge in [-0.05, 0) is 49.4 Å². The van der Waals surface area contributed by atoms with E-state index in [4.69, 9.17) is 0 Å². The van der Waals surface area contributed by atoms with Crippen LogP contribution in [0.4, 0.5) is 0 Å². The average Bonchev–Trinajstić information content (AvgIpc) is 3.60. The highest BCUT2D eigenvalue weighted by Crippen LogP contribution is 2.49. The van der Waals surface area contributed by atoms with Crippen LogP contribution in [0.2, 0.25) is 0 Å². The Kier molecular flexibility index (Phi) is 5.69. The molecule has 168 valence electrons. The van der Waals surface area contributed by atoms with E-state index in [2.05, 4.69) is 15.2 Å². The molecule has 0 unspecified atom stereocenters. The zero-order chi connectivity index (χ0) is 22.2. The van der Waals surface area contributed by atoms with E-state index >= 15 is 0 Å². The van der Waals surface area contributed by atoms with Crippen molar-refractivity contribution in [1.29, 1.82) is 0 Å². The van der Waals surface area contributed by atoms with Crippen molar-refractivity contribution in [1.82, 2.24) is 19.8 Å². The van der Waals surface area contributed by atoms with Gasteiger partial charge in [-0.3, -0.25) is 19.5 Å². The molecule has 7 nitrogen and oxygen atoms in total. The highest BCUT2D eigenvalue weighted by molar-refractivity contribution is 5.80. The first-order valence-corrected chi connectivity index (χ1v) is 11.5. The van der Waals surface area contributed by atoms with Crippen molar-refractivity contribution in [3.63, 3.8) is 0 Å². The van der Waals surface area contributed by atoms with Crippen molar-refractivity contribution in [2.24, 2.45) is 17.8 Å². The summed E-state index contributed by atoms with van der Waals surface area (Å²) >= 11 is 0. The Hall–Kier alpha value is -2.77. The lowest BCUT2D eigenvalue weighted by Crippen LogP contribution is -2.46. The van der Waals surface area contributed by atoms with E-state index in [0.717, 1.165) is 11.3 Å². The summed E-state index contributed by atoms with van der Waals surface area (Å²) in [6, 6.07) is 7.40. The Bertz CT molecular complexity index is 1080. The topological polar surface area (TPSA) is 87.5 Å². The number of allylic oxidation sites excluding steroid dienone is 1. The van der Waals surface area contributed by atoms with Crippen molar-refractivity contribution in [3.8, 4) is 0 Å². The molecule has 2 aromatic rings. The number of aromatic nitrogens is 2. The molecule has 5 rings (SSSR count). The lowest BCUT2D eigenvalue weighted by atomic mass is 9.86. The smallest absolute Gasteiger partial charge is 0.258 e. The van der Waals surface area contributed by atoms with Crippen LogP contribution in [0.3, 0.4) is 0 Å². The van der Waals surface area contributed by atoms with Crippen LogP contribution in [-0.2, 0) is 17.9 Å². The molecular formula is C25H30N4O3.